The van der Waals surface area contributed by atoms with Crippen LogP contribution in [-0.2, 0) is 83.3 Å². The van der Waals surface area contributed by atoms with Gasteiger partial charge in [-0.1, -0.05) is 0 Å². The van der Waals surface area contributed by atoms with E-state index in [1.54, 1.807) is 0 Å². The monoisotopic (exact) mass is 1340 g/mol. The second kappa shape index (κ2) is 38.1. The van der Waals surface area contributed by atoms with E-state index >= 15 is 0 Å². The fraction of sp³-hybridized carbons (Fsp3) is 0.463. The average Bonchev–Trinajstić information content (AvgIpc) is 0.847. The molecule has 8 atom stereocenters. The molecule has 21 N–H and O–H groups in total. The van der Waals surface area contributed by atoms with Crippen LogP contribution in [-0.4, -0.2) is 215 Å². The zero-order chi connectivity index (χ0) is 71.2. The molecule has 3 rings (SSSR count). The molecule has 0 saturated heterocycles. The zero-order valence-electron chi connectivity index (χ0n) is 49.8. The van der Waals surface area contributed by atoms with E-state index in [1.165, 1.54) is 30.5 Å². The summed E-state index contributed by atoms with van der Waals surface area (Å²) in [6.45, 7) is -0.0928. The first-order valence-corrected chi connectivity index (χ1v) is 28.4. The molecule has 516 valence electrons. The minimum atomic E-state index is -2.08. The predicted molar refractivity (Wildman–Crippen MR) is 314 cm³/mol. The molecule has 8 amide bonds. The first kappa shape index (κ1) is 77.4. The molecule has 2 aromatic heterocycles. The largest absolute Gasteiger partial charge is 0.481 e. The van der Waals surface area contributed by atoms with Crippen LogP contribution in [0.25, 0.3) is 11.2 Å². The van der Waals surface area contributed by atoms with Crippen molar-refractivity contribution in [3.05, 3.63) is 52.1 Å². The highest BCUT2D eigenvalue weighted by molar-refractivity contribution is 6.00. The standard InChI is InChI=1S/C54H68N14O27/c55-26(5-13-34(69)70)45(86)59-27(6-14-35(71)72)46(87)60-28(7-15-36(73)74)47(88)61-29(8-16-37(75)76)48(89)62-30(9-17-38(77)78)49(90)63-31(10-18-39(79)80)50(91)64-32(11-19-40(81)82)51(92)67-54-66-43-42(52(93)68-54)58-25(22-57-43)21-56-24-3-1-23(2-4-24)44(85)65-33(53(94)95)12-20-41(83)84/h1-4,22,26-33,56H,5-21,55H2,(H,59,86)(H,60,87)(H,61,88)(H,62,89)(H,63,90)(H,64,91)(H,65,85)(H,69,70)(H,71,72)(H,73,74)(H,75,76)(H,77,78)(H,79,80)(H,81,82)(H,83,84)(H,94,95)(H2,57,66,67,68,92,93)/t26-,27-,28-,29-,30-,31-,32-,33?/m0/s1. The van der Waals surface area contributed by atoms with Crippen molar-refractivity contribution in [1.82, 2.24) is 57.2 Å². The molecule has 0 aliphatic rings. The third-order valence-corrected chi connectivity index (χ3v) is 13.3. The first-order chi connectivity index (χ1) is 44.6. The molecule has 41 nitrogen and oxygen atoms in total. The second-order valence-corrected chi connectivity index (χ2v) is 20.7. The van der Waals surface area contributed by atoms with Gasteiger partial charge in [-0.2, -0.15) is 4.98 Å². The minimum Gasteiger partial charge on any atom is -0.481 e. The molecule has 0 bridgehead atoms. The van der Waals surface area contributed by atoms with Crippen LogP contribution in [0.4, 0.5) is 11.6 Å². The Morgan fingerprint density at radius 1 is 0.411 bits per heavy atom. The Balaban J connectivity index is 1.87. The number of aliphatic carboxylic acids is 9. The van der Waals surface area contributed by atoms with Gasteiger partial charge in [-0.3, -0.25) is 91.8 Å². The molecule has 2 heterocycles. The fourth-order valence-electron chi connectivity index (χ4n) is 8.27. The number of nitrogens with two attached hydrogens (primary N) is 1. The van der Waals surface area contributed by atoms with E-state index in [0.29, 0.717) is 5.69 Å². The molecule has 1 aromatic carbocycles. The maximum atomic E-state index is 14.0. The van der Waals surface area contributed by atoms with Crippen molar-refractivity contribution in [3.8, 4) is 0 Å². The number of aromatic nitrogens is 4. The van der Waals surface area contributed by atoms with Gasteiger partial charge in [-0.25, -0.2) is 14.8 Å². The second-order valence-electron chi connectivity index (χ2n) is 20.7. The number of amides is 8. The van der Waals surface area contributed by atoms with Gasteiger partial charge in [0.2, 0.25) is 47.3 Å². The SMILES string of the molecule is N[C@@H](CCC(=O)O)C(=O)N[C@@H](CCC(=O)O)C(=O)N[C@@H](CCC(=O)O)C(=O)N[C@@H](CCC(=O)O)C(=O)N[C@@H](CCC(=O)O)C(=O)N[C@@H](CCC(=O)O)C(=O)N[C@@H](CCC(=O)O)C(=O)Nc1nc2ncc(CNc3ccc(C(=O)NC(CCC(=O)O)C(=O)O)cc3)nc2c(=O)[nH]1. The van der Waals surface area contributed by atoms with Crippen LogP contribution in [0.2, 0.25) is 0 Å². The fourth-order valence-corrected chi connectivity index (χ4v) is 8.27. The number of nitrogens with zero attached hydrogens (tertiary/aromatic N) is 3. The van der Waals surface area contributed by atoms with Crippen molar-refractivity contribution in [3.63, 3.8) is 0 Å². The number of fused-ring (bicyclic) bond motifs is 1. The van der Waals surface area contributed by atoms with Crippen molar-refractivity contribution in [2.45, 2.75) is 158 Å². The van der Waals surface area contributed by atoms with E-state index in [-0.39, 0.29) is 35.4 Å². The number of benzene rings is 1. The van der Waals surface area contributed by atoms with E-state index in [2.05, 4.69) is 67.8 Å². The topological polar surface area (TPSA) is 678 Å². The Kier molecular flexibility index (Phi) is 31.1. The lowest BCUT2D eigenvalue weighted by atomic mass is 10.0. The van der Waals surface area contributed by atoms with Gasteiger partial charge in [0.1, 0.15) is 42.3 Å². The maximum Gasteiger partial charge on any atom is 0.326 e. The van der Waals surface area contributed by atoms with E-state index in [1.807, 2.05) is 0 Å². The van der Waals surface area contributed by atoms with E-state index < -0.39 is 257 Å². The van der Waals surface area contributed by atoms with Crippen LogP contribution in [0.1, 0.15) is 119 Å². The molecule has 95 heavy (non-hydrogen) atoms. The number of H-pyrrole nitrogens is 1. The number of carbonyl (C=O) groups excluding carboxylic acids is 8. The summed E-state index contributed by atoms with van der Waals surface area (Å²) in [7, 11) is 0. The number of carboxylic acids is 9. The van der Waals surface area contributed by atoms with Crippen molar-refractivity contribution >= 4 is 124 Å². The van der Waals surface area contributed by atoms with Crippen LogP contribution in [0.15, 0.2) is 35.3 Å². The van der Waals surface area contributed by atoms with Gasteiger partial charge in [0.25, 0.3) is 11.5 Å². The highest BCUT2D eigenvalue weighted by atomic mass is 16.4. The Morgan fingerprint density at radius 2 is 0.737 bits per heavy atom. The smallest absolute Gasteiger partial charge is 0.326 e. The number of hydrogen-bond donors (Lipinski definition) is 20. The summed E-state index contributed by atoms with van der Waals surface area (Å²) in [5.41, 5.74) is 4.57. The normalized spacial score (nSPS) is 13.4. The Labute approximate surface area is 533 Å². The lowest BCUT2D eigenvalue weighted by Crippen LogP contribution is -2.60. The van der Waals surface area contributed by atoms with E-state index in [9.17, 15) is 122 Å². The van der Waals surface area contributed by atoms with Crippen LogP contribution < -0.4 is 59.1 Å². The van der Waals surface area contributed by atoms with Crippen molar-refractivity contribution in [1.29, 1.82) is 0 Å². The Bertz CT molecular complexity index is 3450. The van der Waals surface area contributed by atoms with Crippen LogP contribution >= 0.6 is 0 Å². The van der Waals surface area contributed by atoms with Crippen LogP contribution in [0, 0.1) is 0 Å². The van der Waals surface area contributed by atoms with Gasteiger partial charge in [0.15, 0.2) is 11.2 Å². The number of carbonyl (C=O) groups is 17. The lowest BCUT2D eigenvalue weighted by Gasteiger charge is -2.27. The first-order valence-electron chi connectivity index (χ1n) is 28.4. The van der Waals surface area contributed by atoms with Crippen LogP contribution in [0.3, 0.4) is 0 Å². The molecule has 3 aromatic rings. The van der Waals surface area contributed by atoms with Gasteiger partial charge >= 0.3 is 53.7 Å². The van der Waals surface area contributed by atoms with Crippen molar-refractivity contribution < 1.29 is 127 Å². The summed E-state index contributed by atoms with van der Waals surface area (Å²) in [6.07, 6.45) is -10.8. The molecule has 1 unspecified atom stereocenters. The Morgan fingerprint density at radius 3 is 1.08 bits per heavy atom. The van der Waals surface area contributed by atoms with Crippen molar-refractivity contribution in [2.24, 2.45) is 5.73 Å². The average molecular weight is 1350 g/mol. The van der Waals surface area contributed by atoms with Crippen molar-refractivity contribution in [2.75, 3.05) is 10.6 Å². The molecule has 0 fully saturated rings. The summed E-state index contributed by atoms with van der Waals surface area (Å²) in [4.78, 5) is 240. The third-order valence-electron chi connectivity index (χ3n) is 13.3. The van der Waals surface area contributed by atoms with E-state index in [4.69, 9.17) is 15.9 Å². The Hall–Kier alpha value is -11.8. The summed E-state index contributed by atoms with van der Waals surface area (Å²) in [5.74, 6) is -24.3. The van der Waals surface area contributed by atoms with Gasteiger partial charge in [-0.15, -0.1) is 0 Å². The number of rotatable bonds is 44. The van der Waals surface area contributed by atoms with Crippen LogP contribution in [0.5, 0.6) is 0 Å². The molecule has 41 heteroatoms. The number of anilines is 2. The van der Waals surface area contributed by atoms with Gasteiger partial charge in [-0.05, 0) is 75.6 Å². The third kappa shape index (κ3) is 28.5. The number of carboxylic acid groups (broad SMARTS) is 9. The van der Waals surface area contributed by atoms with Gasteiger partial charge in [0.05, 0.1) is 24.5 Å². The number of aromatic amines is 1. The molecule has 0 spiro atoms. The summed E-state index contributed by atoms with van der Waals surface area (Å²) < 4.78 is 0. The summed E-state index contributed by atoms with van der Waals surface area (Å²) in [6, 6.07) is -9.38. The zero-order valence-corrected chi connectivity index (χ0v) is 49.8. The molecular formula is C54H68N14O27. The molecule has 0 aliphatic carbocycles. The van der Waals surface area contributed by atoms with E-state index in [0.717, 1.165) is 0 Å². The highest BCUT2D eigenvalue weighted by Crippen LogP contribution is 2.15. The quantitative estimate of drug-likeness (QED) is 0.0254. The molecular weight excluding hydrogens is 1280 g/mol. The molecule has 0 radical (unpaired) electrons. The molecule has 0 saturated carbocycles. The summed E-state index contributed by atoms with van der Waals surface area (Å²) in [5, 5.41) is 104. The van der Waals surface area contributed by atoms with Gasteiger partial charge in [0, 0.05) is 62.6 Å². The molecule has 0 aliphatic heterocycles. The highest BCUT2D eigenvalue weighted by Gasteiger charge is 2.36. The summed E-state index contributed by atoms with van der Waals surface area (Å²) >= 11 is 0. The van der Waals surface area contributed by atoms with Gasteiger partial charge < -0.3 is 94.2 Å². The lowest BCUT2D eigenvalue weighted by molar-refractivity contribution is -0.141. The minimum absolute atomic E-state index is 0.0322. The number of nitrogens with one attached hydrogen (secondary N) is 10. The predicted octanol–water partition coefficient (Wildman–Crippen LogP) is -4.40. The number of hydrogen-bond acceptors (Lipinski definition) is 23. The maximum absolute atomic E-state index is 14.0.